The van der Waals surface area contributed by atoms with E-state index < -0.39 is 0 Å². The van der Waals surface area contributed by atoms with Crippen LogP contribution in [-0.4, -0.2) is 20.1 Å². The van der Waals surface area contributed by atoms with Gasteiger partial charge in [0, 0.05) is 17.3 Å². The highest BCUT2D eigenvalue weighted by molar-refractivity contribution is 5.72. The molecule has 0 aromatic carbocycles. The third-order valence-electron chi connectivity index (χ3n) is 4.94. The lowest BCUT2D eigenvalue weighted by atomic mass is 9.82. The van der Waals surface area contributed by atoms with E-state index in [-0.39, 0.29) is 11.0 Å². The number of aromatic nitrogens is 3. The fraction of sp³-hybridized carbons (Fsp3) is 0.565. The van der Waals surface area contributed by atoms with E-state index in [2.05, 4.69) is 74.7 Å². The molecule has 0 aliphatic rings. The normalized spacial score (nSPS) is 12.7. The minimum absolute atomic E-state index is 0.0307. The summed E-state index contributed by atoms with van der Waals surface area (Å²) in [6.45, 7) is 17.5. The molecule has 5 nitrogen and oxygen atoms in total. The number of imidazole rings is 1. The quantitative estimate of drug-likeness (QED) is 0.552. The molecule has 28 heavy (non-hydrogen) atoms. The van der Waals surface area contributed by atoms with E-state index in [9.17, 15) is 0 Å². The number of nitrogens with one attached hydrogen (secondary N) is 1. The summed E-state index contributed by atoms with van der Waals surface area (Å²) >= 11 is 0. The Kier molecular flexibility index (Phi) is 5.30. The topological polar surface area (TPSA) is 55.4 Å². The van der Waals surface area contributed by atoms with Crippen molar-refractivity contribution in [3.63, 3.8) is 0 Å². The minimum Gasteiger partial charge on any atom is -0.365 e. The fourth-order valence-corrected chi connectivity index (χ4v) is 4.38. The fourth-order valence-electron chi connectivity index (χ4n) is 4.38. The van der Waals surface area contributed by atoms with Gasteiger partial charge < -0.3 is 9.84 Å². The Hall–Kier alpha value is -2.30. The van der Waals surface area contributed by atoms with Crippen LogP contribution in [0.25, 0.3) is 16.8 Å². The first-order valence-corrected chi connectivity index (χ1v) is 10.2. The molecule has 3 aromatic heterocycles. The smallest absolute Gasteiger partial charge is 0.141 e. The molecule has 152 valence electrons. The summed E-state index contributed by atoms with van der Waals surface area (Å²) in [7, 11) is 0. The van der Waals surface area contributed by atoms with Gasteiger partial charge in [-0.15, -0.1) is 0 Å². The summed E-state index contributed by atoms with van der Waals surface area (Å²) in [4.78, 5) is 4.96. The maximum atomic E-state index is 5.35. The van der Waals surface area contributed by atoms with Crippen LogP contribution in [0.5, 0.6) is 0 Å². The second-order valence-electron chi connectivity index (χ2n) is 9.75. The van der Waals surface area contributed by atoms with Gasteiger partial charge in [-0.1, -0.05) is 39.3 Å². The zero-order valence-corrected chi connectivity index (χ0v) is 18.6. The largest absolute Gasteiger partial charge is 0.365 e. The Morgan fingerprint density at radius 3 is 2.43 bits per heavy atom. The second kappa shape index (κ2) is 7.26. The van der Waals surface area contributed by atoms with Crippen LogP contribution in [0.15, 0.2) is 22.9 Å². The Morgan fingerprint density at radius 2 is 1.86 bits per heavy atom. The van der Waals surface area contributed by atoms with Crippen molar-refractivity contribution >= 4 is 11.5 Å². The van der Waals surface area contributed by atoms with Gasteiger partial charge in [0.05, 0.1) is 11.4 Å². The number of hydrogen-bond donors (Lipinski definition) is 1. The number of hydrogen-bond acceptors (Lipinski definition) is 4. The molecular formula is C23H34N4O. The molecule has 3 heterocycles. The summed E-state index contributed by atoms with van der Waals surface area (Å²) in [5.41, 5.74) is 5.36. The van der Waals surface area contributed by atoms with E-state index >= 15 is 0 Å². The third kappa shape index (κ3) is 4.23. The maximum absolute atomic E-state index is 5.35. The van der Waals surface area contributed by atoms with E-state index in [1.807, 2.05) is 13.8 Å². The number of pyridine rings is 1. The molecule has 0 saturated heterocycles. The molecule has 0 aliphatic heterocycles. The molecule has 0 amide bonds. The van der Waals surface area contributed by atoms with Crippen molar-refractivity contribution in [3.8, 4) is 11.1 Å². The predicted octanol–water partition coefficient (Wildman–Crippen LogP) is 6.19. The molecule has 3 aromatic rings. The molecular weight excluding hydrogens is 348 g/mol. The van der Waals surface area contributed by atoms with Crippen molar-refractivity contribution < 1.29 is 4.52 Å². The number of rotatable bonds is 6. The van der Waals surface area contributed by atoms with Crippen molar-refractivity contribution in [1.82, 2.24) is 14.5 Å². The zero-order valence-electron chi connectivity index (χ0n) is 18.6. The van der Waals surface area contributed by atoms with Gasteiger partial charge in [0.25, 0.3) is 0 Å². The van der Waals surface area contributed by atoms with Crippen LogP contribution in [0.4, 0.5) is 5.82 Å². The lowest BCUT2D eigenvalue weighted by Gasteiger charge is -2.34. The van der Waals surface area contributed by atoms with Crippen LogP contribution in [0.2, 0.25) is 0 Å². The molecule has 1 N–H and O–H groups in total. The van der Waals surface area contributed by atoms with Crippen molar-refractivity contribution in [3.05, 3.63) is 35.5 Å². The van der Waals surface area contributed by atoms with Gasteiger partial charge in [0.2, 0.25) is 0 Å². The highest BCUT2D eigenvalue weighted by Crippen LogP contribution is 2.33. The van der Waals surface area contributed by atoms with E-state index in [1.54, 1.807) is 0 Å². The standard InChI is InChI=1S/C23H34N4O/c1-9-10-18-21(25-23(7,8)14-22(4,5)6)27-12-11-17(13-19(27)24-18)20-15(2)26-28-16(20)3/h11-13,25H,9-10,14H2,1-8H3. The van der Waals surface area contributed by atoms with Crippen LogP contribution in [-0.2, 0) is 6.42 Å². The van der Waals surface area contributed by atoms with Crippen LogP contribution in [0.3, 0.4) is 0 Å². The molecule has 0 fully saturated rings. The zero-order chi connectivity index (χ0) is 20.7. The minimum atomic E-state index is -0.0307. The molecule has 0 aliphatic carbocycles. The van der Waals surface area contributed by atoms with Crippen LogP contribution < -0.4 is 5.32 Å². The van der Waals surface area contributed by atoms with Gasteiger partial charge in [0.15, 0.2) is 0 Å². The van der Waals surface area contributed by atoms with Crippen LogP contribution in [0, 0.1) is 19.3 Å². The molecule has 0 spiro atoms. The second-order valence-corrected chi connectivity index (χ2v) is 9.75. The third-order valence-corrected chi connectivity index (χ3v) is 4.94. The first-order chi connectivity index (χ1) is 13.0. The van der Waals surface area contributed by atoms with E-state index in [1.165, 1.54) is 0 Å². The van der Waals surface area contributed by atoms with Crippen LogP contribution >= 0.6 is 0 Å². The first-order valence-electron chi connectivity index (χ1n) is 10.2. The average molecular weight is 383 g/mol. The molecule has 3 rings (SSSR count). The van der Waals surface area contributed by atoms with Crippen molar-refractivity contribution in [2.45, 2.75) is 80.2 Å². The summed E-state index contributed by atoms with van der Waals surface area (Å²) in [6, 6.07) is 4.26. The summed E-state index contributed by atoms with van der Waals surface area (Å²) in [5, 5.41) is 7.89. The summed E-state index contributed by atoms with van der Waals surface area (Å²) < 4.78 is 7.53. The average Bonchev–Trinajstić information content (AvgIpc) is 3.05. The highest BCUT2D eigenvalue weighted by atomic mass is 16.5. The predicted molar refractivity (Wildman–Crippen MR) is 116 cm³/mol. The summed E-state index contributed by atoms with van der Waals surface area (Å²) in [6.07, 6.45) is 5.19. The first kappa shape index (κ1) is 20.4. The lowest BCUT2D eigenvalue weighted by Crippen LogP contribution is -2.36. The Labute approximate surface area is 168 Å². The molecule has 5 heteroatoms. The Balaban J connectivity index is 2.06. The van der Waals surface area contributed by atoms with Gasteiger partial charge in [-0.3, -0.25) is 4.40 Å². The summed E-state index contributed by atoms with van der Waals surface area (Å²) in [5.74, 6) is 1.95. The van der Waals surface area contributed by atoms with Gasteiger partial charge >= 0.3 is 0 Å². The monoisotopic (exact) mass is 382 g/mol. The number of aryl methyl sites for hydroxylation is 3. The lowest BCUT2D eigenvalue weighted by molar-refractivity contribution is 0.302. The van der Waals surface area contributed by atoms with Gasteiger partial charge in [-0.05, 0) is 63.6 Å². The maximum Gasteiger partial charge on any atom is 0.141 e. The van der Waals surface area contributed by atoms with Crippen molar-refractivity contribution in [2.75, 3.05) is 5.32 Å². The molecule has 0 saturated carbocycles. The Morgan fingerprint density at radius 1 is 1.14 bits per heavy atom. The van der Waals surface area contributed by atoms with E-state index in [0.717, 1.165) is 59.0 Å². The number of anilines is 1. The highest BCUT2D eigenvalue weighted by Gasteiger charge is 2.27. The van der Waals surface area contributed by atoms with Gasteiger partial charge in [-0.25, -0.2) is 4.98 Å². The number of fused-ring (bicyclic) bond motifs is 1. The molecule has 0 radical (unpaired) electrons. The Bertz CT molecular complexity index is 953. The SMILES string of the molecule is CCCc1nc2cc(-c3c(C)noc3C)ccn2c1NC(C)(C)CC(C)(C)C. The van der Waals surface area contributed by atoms with Gasteiger partial charge in [-0.2, -0.15) is 0 Å². The molecule has 0 bridgehead atoms. The van der Waals surface area contributed by atoms with E-state index in [0.29, 0.717) is 0 Å². The van der Waals surface area contributed by atoms with Gasteiger partial charge in [0.1, 0.15) is 17.2 Å². The molecule has 0 unspecified atom stereocenters. The molecule has 0 atom stereocenters. The van der Waals surface area contributed by atoms with Crippen molar-refractivity contribution in [1.29, 1.82) is 0 Å². The van der Waals surface area contributed by atoms with Crippen molar-refractivity contribution in [2.24, 2.45) is 5.41 Å². The number of nitrogens with zero attached hydrogens (tertiary/aromatic N) is 3. The van der Waals surface area contributed by atoms with E-state index in [4.69, 9.17) is 9.51 Å². The van der Waals surface area contributed by atoms with Crippen LogP contribution in [0.1, 0.15) is 71.5 Å².